The molecule has 0 fully saturated rings. The van der Waals surface area contributed by atoms with E-state index in [0.29, 0.717) is 12.8 Å². The molecule has 0 spiro atoms. The molecule has 0 aromatic carbocycles. The first-order valence-corrected chi connectivity index (χ1v) is 10.5. The van der Waals surface area contributed by atoms with Crippen molar-refractivity contribution in [2.75, 3.05) is 13.2 Å². The Balaban J connectivity index is 0.00000420. The van der Waals surface area contributed by atoms with E-state index in [1.165, 1.54) is 43.1 Å². The van der Waals surface area contributed by atoms with Crippen molar-refractivity contribution in [2.24, 2.45) is 0 Å². The third-order valence-electron chi connectivity index (χ3n) is 5.08. The maximum Gasteiger partial charge on any atom is 1.00 e. The van der Waals surface area contributed by atoms with Crippen LogP contribution in [0, 0.1) is 0 Å². The molecule has 7 nitrogen and oxygen atoms in total. The summed E-state index contributed by atoms with van der Waals surface area (Å²) in [7, 11) is 0. The monoisotopic (exact) mass is 471 g/mol. The Hall–Kier alpha value is 1.09. The predicted molar refractivity (Wildman–Crippen MR) is 101 cm³/mol. The number of carboxylic acids is 2. The molecule has 1 aliphatic heterocycles. The quantitative estimate of drug-likeness (QED) is 0.217. The van der Waals surface area contributed by atoms with Crippen LogP contribution in [0.1, 0.15) is 98.5 Å². The maximum atomic E-state index is 11.6. The molecule has 0 unspecified atom stereocenters. The van der Waals surface area contributed by atoms with Crippen LogP contribution in [0.4, 0.5) is 0 Å². The van der Waals surface area contributed by atoms with Crippen LogP contribution in [0.15, 0.2) is 0 Å². The molecule has 0 aliphatic carbocycles. The number of carboxylic acid groups (broad SMARTS) is 2. The number of fused-ring (bicyclic) bond motifs is 1. The fraction of sp³-hybridized carbons (Fsp3) is 0.714. The van der Waals surface area contributed by atoms with E-state index in [0.717, 1.165) is 19.3 Å². The van der Waals surface area contributed by atoms with Gasteiger partial charge in [0.1, 0.15) is 11.4 Å². The van der Waals surface area contributed by atoms with Gasteiger partial charge in [-0.15, -0.1) is 0 Å². The van der Waals surface area contributed by atoms with E-state index in [4.69, 9.17) is 9.47 Å². The van der Waals surface area contributed by atoms with Gasteiger partial charge in [-0.3, -0.25) is 0 Å². The van der Waals surface area contributed by atoms with E-state index in [1.54, 1.807) is 0 Å². The van der Waals surface area contributed by atoms with Gasteiger partial charge in [-0.25, -0.2) is 0 Å². The van der Waals surface area contributed by atoms with Gasteiger partial charge in [0.15, 0.2) is 11.5 Å². The minimum Gasteiger partial charge on any atom is -0.543 e. The van der Waals surface area contributed by atoms with Crippen LogP contribution in [0.5, 0.6) is 11.5 Å². The predicted octanol–water partition coefficient (Wildman–Crippen LogP) is -3.69. The fourth-order valence-corrected chi connectivity index (χ4v) is 3.63. The summed E-state index contributed by atoms with van der Waals surface area (Å²) in [5.41, 5.74) is -0.543. The van der Waals surface area contributed by atoms with Crippen molar-refractivity contribution in [3.05, 3.63) is 11.4 Å². The zero-order valence-electron chi connectivity index (χ0n) is 18.8. The van der Waals surface area contributed by atoms with Crippen molar-refractivity contribution in [2.45, 2.75) is 84.1 Å². The average Bonchev–Trinajstić information content (AvgIpc) is 2.79. The fourth-order valence-electron chi connectivity index (χ4n) is 3.63. The normalized spacial score (nSPS) is 12.4. The van der Waals surface area contributed by atoms with E-state index in [-0.39, 0.29) is 145 Å². The third kappa shape index (κ3) is 9.53. The molecule has 158 valence electrons. The van der Waals surface area contributed by atoms with Crippen molar-refractivity contribution in [3.63, 3.8) is 0 Å². The number of carbonyl (C=O) groups excluding carboxylic acids is 2. The van der Waals surface area contributed by atoms with Gasteiger partial charge in [-0.2, -0.15) is 0 Å². The molecule has 2 rings (SSSR count). The number of nitrogens with zero attached hydrogens (tertiary/aromatic N) is 1. The van der Waals surface area contributed by atoms with E-state index < -0.39 is 11.9 Å². The molecule has 1 aliphatic rings. The van der Waals surface area contributed by atoms with Crippen molar-refractivity contribution in [3.8, 4) is 11.5 Å². The average molecular weight is 472 g/mol. The van der Waals surface area contributed by atoms with E-state index in [9.17, 15) is 19.8 Å². The first kappa shape index (κ1) is 31.1. The van der Waals surface area contributed by atoms with Gasteiger partial charge in [0, 0.05) is 13.0 Å². The Kier molecular flexibility index (Phi) is 18.2. The molecule has 0 saturated heterocycles. The number of carbonyl (C=O) groups is 2. The van der Waals surface area contributed by atoms with Gasteiger partial charge < -0.3 is 33.8 Å². The van der Waals surface area contributed by atoms with E-state index >= 15 is 0 Å². The van der Waals surface area contributed by atoms with Gasteiger partial charge in [-0.05, 0) is 6.42 Å². The number of unbranched alkanes of at least 4 members (excludes halogenated alkanes) is 9. The zero-order chi connectivity index (χ0) is 20.4. The molecular weight excluding hydrogens is 440 g/mol. The minimum absolute atomic E-state index is 0. The molecular formula is C21H31K2NO6. The molecule has 0 saturated carbocycles. The van der Waals surface area contributed by atoms with Gasteiger partial charge in [0.2, 0.25) is 0 Å². The van der Waals surface area contributed by atoms with Crippen molar-refractivity contribution >= 4 is 11.9 Å². The van der Waals surface area contributed by atoms with E-state index in [1.807, 2.05) is 0 Å². The summed E-state index contributed by atoms with van der Waals surface area (Å²) in [6, 6.07) is 0. The standard InChI is InChI=1S/C21H33NO6.2K/c1-2-3-4-5-6-7-8-9-10-11-13-22-16(20(23)24)18-19(17(22)21(25)26)28-15-12-14-27-18;;/h2-15H2,1H3,(H,23,24)(H,25,26);;/q;2*+1/p-2. The van der Waals surface area contributed by atoms with Crippen molar-refractivity contribution in [1.82, 2.24) is 4.57 Å². The molecule has 0 amide bonds. The number of hydrogen-bond donors (Lipinski definition) is 0. The summed E-state index contributed by atoms with van der Waals surface area (Å²) in [5.74, 6) is -3.05. The second kappa shape index (κ2) is 17.6. The zero-order valence-corrected chi connectivity index (χ0v) is 25.0. The smallest absolute Gasteiger partial charge is 0.543 e. The van der Waals surface area contributed by atoms with Gasteiger partial charge in [-0.1, -0.05) is 64.7 Å². The Morgan fingerprint density at radius 3 is 1.57 bits per heavy atom. The number of aromatic carboxylic acids is 2. The SMILES string of the molecule is CCCCCCCCCCCCn1c(C(=O)[O-])c2c(c1C(=O)[O-])OCCCO2.[K+].[K+]. The maximum absolute atomic E-state index is 11.6. The molecule has 30 heavy (non-hydrogen) atoms. The van der Waals surface area contributed by atoms with E-state index in [2.05, 4.69) is 6.92 Å². The van der Waals surface area contributed by atoms with Crippen LogP contribution in [0.3, 0.4) is 0 Å². The molecule has 0 atom stereocenters. The molecule has 1 aromatic rings. The second-order valence-corrected chi connectivity index (χ2v) is 7.31. The van der Waals surface area contributed by atoms with Crippen LogP contribution in [0.2, 0.25) is 0 Å². The molecule has 2 heterocycles. The molecule has 1 aromatic heterocycles. The Bertz CT molecular complexity index is 621. The summed E-state index contributed by atoms with van der Waals surface area (Å²) in [6.07, 6.45) is 11.9. The Labute approximate surface area is 264 Å². The topological polar surface area (TPSA) is 104 Å². The molecule has 9 heteroatoms. The molecule has 0 radical (unpaired) electrons. The molecule has 0 bridgehead atoms. The van der Waals surface area contributed by atoms with Crippen LogP contribution in [0.25, 0.3) is 0 Å². The first-order valence-electron chi connectivity index (χ1n) is 10.5. The molecule has 0 N–H and O–H groups in total. The van der Waals surface area contributed by atoms with Crippen LogP contribution < -0.4 is 122 Å². The summed E-state index contributed by atoms with van der Waals surface area (Å²) in [6.45, 7) is 2.99. The number of aromatic nitrogens is 1. The van der Waals surface area contributed by atoms with Crippen molar-refractivity contribution in [1.29, 1.82) is 0 Å². The minimum atomic E-state index is -1.47. The summed E-state index contributed by atoms with van der Waals surface area (Å²) < 4.78 is 12.1. The number of ether oxygens (including phenoxy) is 2. The number of rotatable bonds is 13. The van der Waals surface area contributed by atoms with Crippen molar-refractivity contribution < 1.29 is 132 Å². The van der Waals surface area contributed by atoms with Crippen LogP contribution >= 0.6 is 0 Å². The Morgan fingerprint density at radius 1 is 0.767 bits per heavy atom. The summed E-state index contributed by atoms with van der Waals surface area (Å²) in [4.78, 5) is 23.3. The second-order valence-electron chi connectivity index (χ2n) is 7.31. The summed E-state index contributed by atoms with van der Waals surface area (Å²) in [5, 5.41) is 23.3. The van der Waals surface area contributed by atoms with Crippen LogP contribution in [-0.4, -0.2) is 29.7 Å². The third-order valence-corrected chi connectivity index (χ3v) is 5.08. The largest absolute Gasteiger partial charge is 1.00 e. The Morgan fingerprint density at radius 2 is 1.17 bits per heavy atom. The van der Waals surface area contributed by atoms with Gasteiger partial charge >= 0.3 is 103 Å². The number of hydrogen-bond acceptors (Lipinski definition) is 6. The van der Waals surface area contributed by atoms with Gasteiger partial charge in [0.25, 0.3) is 0 Å². The van der Waals surface area contributed by atoms with Crippen LogP contribution in [-0.2, 0) is 6.54 Å². The first-order chi connectivity index (χ1) is 13.6. The van der Waals surface area contributed by atoms with Gasteiger partial charge in [0.05, 0.1) is 25.2 Å². The summed E-state index contributed by atoms with van der Waals surface area (Å²) >= 11 is 0.